The highest BCUT2D eigenvalue weighted by Crippen LogP contribution is 2.35. The number of anilines is 2. The molecule has 1 aliphatic heterocycles. The van der Waals surface area contributed by atoms with Gasteiger partial charge in [0, 0.05) is 17.3 Å². The third-order valence-corrected chi connectivity index (χ3v) is 7.11. The smallest absolute Gasteiger partial charge is 0.261 e. The van der Waals surface area contributed by atoms with Crippen LogP contribution in [-0.4, -0.2) is 20.4 Å². The van der Waals surface area contributed by atoms with Crippen molar-refractivity contribution in [3.63, 3.8) is 0 Å². The van der Waals surface area contributed by atoms with Crippen molar-refractivity contribution in [2.24, 2.45) is 0 Å². The van der Waals surface area contributed by atoms with Crippen LogP contribution in [0.4, 0.5) is 11.4 Å². The number of sulfonamides is 1. The summed E-state index contributed by atoms with van der Waals surface area (Å²) in [5.74, 6) is -0.105. The van der Waals surface area contributed by atoms with Crippen LogP contribution in [0.1, 0.15) is 22.8 Å². The molecule has 1 atom stereocenters. The van der Waals surface area contributed by atoms with Crippen molar-refractivity contribution in [2.45, 2.75) is 24.3 Å². The van der Waals surface area contributed by atoms with Crippen molar-refractivity contribution < 1.29 is 13.2 Å². The topological polar surface area (TPSA) is 66.5 Å². The average Bonchev–Trinajstić information content (AvgIpc) is 3.05. The van der Waals surface area contributed by atoms with Crippen LogP contribution in [0.5, 0.6) is 0 Å². The van der Waals surface area contributed by atoms with Crippen LogP contribution in [0.3, 0.4) is 0 Å². The van der Waals surface area contributed by atoms with Crippen LogP contribution in [0.2, 0.25) is 10.0 Å². The Labute approximate surface area is 185 Å². The number of fused-ring (bicyclic) bond motifs is 1. The van der Waals surface area contributed by atoms with Gasteiger partial charge in [0.05, 0.1) is 20.6 Å². The number of carbonyl (C=O) groups excluding carboxylic acids is 1. The van der Waals surface area contributed by atoms with Gasteiger partial charge in [0.2, 0.25) is 0 Å². The highest BCUT2D eigenvalue weighted by atomic mass is 35.5. The summed E-state index contributed by atoms with van der Waals surface area (Å²) in [5.41, 5.74) is 2.45. The number of carbonyl (C=O) groups is 1. The van der Waals surface area contributed by atoms with Gasteiger partial charge in [-0.15, -0.1) is 0 Å². The zero-order valence-electron chi connectivity index (χ0n) is 16.0. The number of hydrogen-bond donors (Lipinski definition) is 1. The molecule has 5 nitrogen and oxygen atoms in total. The van der Waals surface area contributed by atoms with E-state index in [1.807, 2.05) is 25.1 Å². The molecule has 0 aliphatic carbocycles. The minimum absolute atomic E-state index is 0.0753. The minimum atomic E-state index is -3.83. The van der Waals surface area contributed by atoms with Crippen LogP contribution in [0.25, 0.3) is 0 Å². The van der Waals surface area contributed by atoms with E-state index in [1.54, 1.807) is 35.2 Å². The fraction of sp³-hybridized carbons (Fsp3) is 0.136. The summed E-state index contributed by atoms with van der Waals surface area (Å²) >= 11 is 11.9. The molecule has 0 saturated carbocycles. The van der Waals surface area contributed by atoms with E-state index < -0.39 is 10.0 Å². The summed E-state index contributed by atoms with van der Waals surface area (Å²) in [7, 11) is -3.83. The lowest BCUT2D eigenvalue weighted by Crippen LogP contribution is -2.35. The van der Waals surface area contributed by atoms with E-state index in [1.165, 1.54) is 18.2 Å². The molecule has 30 heavy (non-hydrogen) atoms. The summed E-state index contributed by atoms with van der Waals surface area (Å²) in [6.45, 7) is 1.95. The second kappa shape index (κ2) is 7.95. The van der Waals surface area contributed by atoms with Crippen LogP contribution in [0.15, 0.2) is 71.6 Å². The van der Waals surface area contributed by atoms with Gasteiger partial charge in [-0.2, -0.15) is 0 Å². The quantitative estimate of drug-likeness (QED) is 0.567. The van der Waals surface area contributed by atoms with Crippen molar-refractivity contribution in [1.29, 1.82) is 0 Å². The zero-order valence-corrected chi connectivity index (χ0v) is 18.3. The Hall–Kier alpha value is -2.54. The normalized spacial score (nSPS) is 15.7. The van der Waals surface area contributed by atoms with Gasteiger partial charge in [-0.25, -0.2) is 8.42 Å². The number of halogens is 2. The van der Waals surface area contributed by atoms with Gasteiger partial charge in [-0.05, 0) is 67.4 Å². The summed E-state index contributed by atoms with van der Waals surface area (Å²) in [4.78, 5) is 14.8. The number of amides is 1. The van der Waals surface area contributed by atoms with Gasteiger partial charge in [0.25, 0.3) is 15.9 Å². The number of nitrogens with zero attached hydrogens (tertiary/aromatic N) is 1. The lowest BCUT2D eigenvalue weighted by molar-refractivity contribution is 0.0981. The van der Waals surface area contributed by atoms with Crippen molar-refractivity contribution >= 4 is 50.5 Å². The maximum Gasteiger partial charge on any atom is 0.261 e. The average molecular weight is 461 g/mol. The van der Waals surface area contributed by atoms with Gasteiger partial charge in [0.15, 0.2) is 0 Å². The van der Waals surface area contributed by atoms with Gasteiger partial charge in [0.1, 0.15) is 0 Å². The first kappa shape index (κ1) is 20.7. The Kier molecular flexibility index (Phi) is 5.49. The van der Waals surface area contributed by atoms with Gasteiger partial charge >= 0.3 is 0 Å². The number of nitrogens with one attached hydrogen (secondary N) is 1. The lowest BCUT2D eigenvalue weighted by atomic mass is 10.1. The molecule has 0 unspecified atom stereocenters. The summed E-state index contributed by atoms with van der Waals surface area (Å²) < 4.78 is 28.2. The molecule has 154 valence electrons. The van der Waals surface area contributed by atoms with Crippen LogP contribution in [-0.2, 0) is 16.4 Å². The lowest BCUT2D eigenvalue weighted by Gasteiger charge is -2.23. The highest BCUT2D eigenvalue weighted by Gasteiger charge is 2.32. The third-order valence-electron chi connectivity index (χ3n) is 4.99. The standard InChI is InChI=1S/C22H18Cl2N2O3S/c1-14-11-16-12-18(30(28,29)25-17-7-9-19(23)20(24)13-17)8-10-21(16)26(14)22(27)15-5-3-2-4-6-15/h2-10,12-14,25H,11H2,1H3/t14-/m1/s1. The third kappa shape index (κ3) is 3.90. The first-order chi connectivity index (χ1) is 14.3. The van der Waals surface area contributed by atoms with Crippen molar-refractivity contribution in [2.75, 3.05) is 9.62 Å². The molecule has 0 saturated heterocycles. The monoisotopic (exact) mass is 460 g/mol. The Bertz CT molecular complexity index is 1230. The largest absolute Gasteiger partial charge is 0.305 e. The Morgan fingerprint density at radius 2 is 1.73 bits per heavy atom. The SMILES string of the molecule is C[C@@H]1Cc2cc(S(=O)(=O)Nc3ccc(Cl)c(Cl)c3)ccc2N1C(=O)c1ccccc1. The molecule has 0 bridgehead atoms. The number of rotatable bonds is 4. The highest BCUT2D eigenvalue weighted by molar-refractivity contribution is 7.92. The van der Waals surface area contributed by atoms with Crippen LogP contribution in [0, 0.1) is 0 Å². The molecule has 1 aliphatic rings. The van der Waals surface area contributed by atoms with Crippen LogP contribution < -0.4 is 9.62 Å². The van der Waals surface area contributed by atoms with Crippen LogP contribution >= 0.6 is 23.2 Å². The molecule has 8 heteroatoms. The van der Waals surface area contributed by atoms with E-state index >= 15 is 0 Å². The first-order valence-corrected chi connectivity index (χ1v) is 11.5. The van der Waals surface area contributed by atoms with E-state index in [0.29, 0.717) is 22.7 Å². The molecule has 0 spiro atoms. The second-order valence-electron chi connectivity index (χ2n) is 7.12. The molecule has 0 aromatic heterocycles. The number of benzene rings is 3. The first-order valence-electron chi connectivity index (χ1n) is 9.25. The number of hydrogen-bond acceptors (Lipinski definition) is 3. The second-order valence-corrected chi connectivity index (χ2v) is 9.62. The predicted octanol–water partition coefficient (Wildman–Crippen LogP) is 5.39. The molecule has 1 heterocycles. The maximum absolute atomic E-state index is 13.0. The summed E-state index contributed by atoms with van der Waals surface area (Å²) in [6.07, 6.45) is 0.573. The summed E-state index contributed by atoms with van der Waals surface area (Å²) in [5, 5.41) is 0.601. The van der Waals surface area contributed by atoms with E-state index in [0.717, 1.165) is 11.3 Å². The molecule has 4 rings (SSSR count). The fourth-order valence-corrected chi connectivity index (χ4v) is 4.98. The molecule has 0 fully saturated rings. The molecular formula is C22H18Cl2N2O3S. The molecule has 1 N–H and O–H groups in total. The molecule has 3 aromatic rings. The Balaban J connectivity index is 1.63. The summed E-state index contributed by atoms with van der Waals surface area (Å²) in [6, 6.07) is 18.3. The van der Waals surface area contributed by atoms with E-state index in [2.05, 4.69) is 4.72 Å². The predicted molar refractivity (Wildman–Crippen MR) is 120 cm³/mol. The van der Waals surface area contributed by atoms with E-state index in [-0.39, 0.29) is 21.9 Å². The Morgan fingerprint density at radius 1 is 1.00 bits per heavy atom. The molecule has 3 aromatic carbocycles. The van der Waals surface area contributed by atoms with Gasteiger partial charge < -0.3 is 4.90 Å². The van der Waals surface area contributed by atoms with Crippen molar-refractivity contribution in [1.82, 2.24) is 0 Å². The van der Waals surface area contributed by atoms with Crippen molar-refractivity contribution in [3.8, 4) is 0 Å². The van der Waals surface area contributed by atoms with E-state index in [4.69, 9.17) is 23.2 Å². The van der Waals surface area contributed by atoms with Gasteiger partial charge in [-0.1, -0.05) is 41.4 Å². The fourth-order valence-electron chi connectivity index (χ4n) is 3.58. The Morgan fingerprint density at radius 3 is 2.43 bits per heavy atom. The van der Waals surface area contributed by atoms with E-state index in [9.17, 15) is 13.2 Å². The molecular weight excluding hydrogens is 443 g/mol. The molecule has 0 radical (unpaired) electrons. The van der Waals surface area contributed by atoms with Crippen molar-refractivity contribution in [3.05, 3.63) is 87.9 Å². The zero-order chi connectivity index (χ0) is 21.5. The maximum atomic E-state index is 13.0. The minimum Gasteiger partial charge on any atom is -0.305 e. The molecule has 1 amide bonds. The van der Waals surface area contributed by atoms with Gasteiger partial charge in [-0.3, -0.25) is 9.52 Å².